The maximum atomic E-state index is 8.45. The molecular weight excluding hydrogens is 170 g/mol. The zero-order chi connectivity index (χ0) is 10.1. The molecule has 0 aromatic carbocycles. The van der Waals surface area contributed by atoms with Crippen LogP contribution in [0.25, 0.3) is 0 Å². The van der Waals surface area contributed by atoms with Gasteiger partial charge in [0.25, 0.3) is 0 Å². The number of oxime groups is 1. The maximum Gasteiger partial charge on any atom is 0.0971 e. The van der Waals surface area contributed by atoms with Crippen LogP contribution in [0.2, 0.25) is 0 Å². The highest BCUT2D eigenvalue weighted by molar-refractivity contribution is 6.40. The topological polar surface area (TPSA) is 77.2 Å². The molecule has 0 heterocycles. The molecule has 0 unspecified atom stereocenters. The molecule has 0 amide bonds. The second kappa shape index (κ2) is 7.70. The number of hydrogen-bond acceptors (Lipinski definition) is 5. The molecule has 0 aliphatic heterocycles. The monoisotopic (exact) mass is 187 g/mol. The summed E-state index contributed by atoms with van der Waals surface area (Å²) >= 11 is 0. The van der Waals surface area contributed by atoms with Gasteiger partial charge in [0.1, 0.15) is 0 Å². The fraction of sp³-hybridized carbons (Fsp3) is 0.750. The molecule has 0 saturated carbocycles. The summed E-state index contributed by atoms with van der Waals surface area (Å²) in [4.78, 5) is 4.15. The van der Waals surface area contributed by atoms with Gasteiger partial charge in [-0.1, -0.05) is 5.16 Å². The molecule has 0 saturated heterocycles. The summed E-state index contributed by atoms with van der Waals surface area (Å²) in [7, 11) is 0. The second-order valence-corrected chi connectivity index (χ2v) is 2.63. The Balaban J connectivity index is 3.60. The van der Waals surface area contributed by atoms with Crippen LogP contribution < -0.4 is 5.32 Å². The van der Waals surface area contributed by atoms with Gasteiger partial charge in [-0.25, -0.2) is 0 Å². The third-order valence-electron chi connectivity index (χ3n) is 1.60. The van der Waals surface area contributed by atoms with E-state index in [0.29, 0.717) is 18.8 Å². The van der Waals surface area contributed by atoms with E-state index >= 15 is 0 Å². The number of nitrogens with one attached hydrogen (secondary N) is 1. The first-order valence-electron chi connectivity index (χ1n) is 4.24. The van der Waals surface area contributed by atoms with Gasteiger partial charge in [-0.3, -0.25) is 4.99 Å². The van der Waals surface area contributed by atoms with Crippen molar-refractivity contribution < 1.29 is 10.3 Å². The molecule has 0 rings (SSSR count). The summed E-state index contributed by atoms with van der Waals surface area (Å²) in [5, 5.41) is 22.9. The quantitative estimate of drug-likeness (QED) is 0.235. The van der Waals surface area contributed by atoms with E-state index in [9.17, 15) is 0 Å². The van der Waals surface area contributed by atoms with Crippen molar-refractivity contribution in [2.24, 2.45) is 10.1 Å². The Morgan fingerprint density at radius 2 is 1.92 bits per heavy atom. The van der Waals surface area contributed by atoms with Gasteiger partial charge in [0.15, 0.2) is 0 Å². The van der Waals surface area contributed by atoms with Gasteiger partial charge in [0.05, 0.1) is 24.6 Å². The number of hydrogen-bond donors (Lipinski definition) is 3. The minimum absolute atomic E-state index is 0.139. The third-order valence-corrected chi connectivity index (χ3v) is 1.60. The number of rotatable bonds is 6. The molecule has 0 atom stereocenters. The normalized spacial score (nSPS) is 13.5. The summed E-state index contributed by atoms with van der Waals surface area (Å²) in [5.41, 5.74) is 1.26. The first-order chi connectivity index (χ1) is 6.22. The number of aliphatic imine (C=N–C) groups is 1. The van der Waals surface area contributed by atoms with Crippen LogP contribution in [0.3, 0.4) is 0 Å². The summed E-state index contributed by atoms with van der Waals surface area (Å²) < 4.78 is 0. The smallest absolute Gasteiger partial charge is 0.0971 e. The molecule has 5 heteroatoms. The highest BCUT2D eigenvalue weighted by Crippen LogP contribution is 1.82. The molecule has 3 N–H and O–H groups in total. The summed E-state index contributed by atoms with van der Waals surface area (Å²) in [5.74, 6) is 0. The average molecular weight is 187 g/mol. The van der Waals surface area contributed by atoms with E-state index in [1.54, 1.807) is 13.8 Å². The zero-order valence-electron chi connectivity index (χ0n) is 8.12. The Kier molecular flexibility index (Phi) is 7.14. The van der Waals surface area contributed by atoms with E-state index < -0.39 is 0 Å². The standard InChI is InChI=1S/C8H17N3O2/c1-7(8(2)11-13)10-4-3-9-5-6-12/h9,12-13H,3-6H2,1-2H3/b10-7?,11-8+. The van der Waals surface area contributed by atoms with Crippen LogP contribution >= 0.6 is 0 Å². The molecule has 5 nitrogen and oxygen atoms in total. The van der Waals surface area contributed by atoms with Gasteiger partial charge in [-0.2, -0.15) is 0 Å². The van der Waals surface area contributed by atoms with Crippen LogP contribution in [0.1, 0.15) is 13.8 Å². The van der Waals surface area contributed by atoms with Gasteiger partial charge in [-0.05, 0) is 13.8 Å². The molecule has 0 aliphatic carbocycles. The fourth-order valence-corrected chi connectivity index (χ4v) is 0.693. The third kappa shape index (κ3) is 6.24. The van der Waals surface area contributed by atoms with E-state index in [-0.39, 0.29) is 6.61 Å². The van der Waals surface area contributed by atoms with Gasteiger partial charge in [-0.15, -0.1) is 0 Å². The Labute approximate surface area is 78.2 Å². The Morgan fingerprint density at radius 1 is 1.23 bits per heavy atom. The largest absolute Gasteiger partial charge is 0.411 e. The van der Waals surface area contributed by atoms with Crippen molar-refractivity contribution in [3.63, 3.8) is 0 Å². The van der Waals surface area contributed by atoms with E-state index in [4.69, 9.17) is 10.3 Å². The highest BCUT2D eigenvalue weighted by atomic mass is 16.4. The molecule has 0 fully saturated rings. The molecule has 0 bridgehead atoms. The lowest BCUT2D eigenvalue weighted by atomic mass is 10.3. The molecule has 0 radical (unpaired) electrons. The Morgan fingerprint density at radius 3 is 2.46 bits per heavy atom. The van der Waals surface area contributed by atoms with Crippen LogP contribution in [-0.4, -0.2) is 48.0 Å². The number of nitrogens with zero attached hydrogens (tertiary/aromatic N) is 2. The van der Waals surface area contributed by atoms with Crippen molar-refractivity contribution in [1.82, 2.24) is 5.32 Å². The van der Waals surface area contributed by atoms with Crippen LogP contribution in [0.5, 0.6) is 0 Å². The Hall–Kier alpha value is -0.940. The molecule has 0 aromatic heterocycles. The lowest BCUT2D eigenvalue weighted by molar-refractivity contribution is 0.293. The van der Waals surface area contributed by atoms with Crippen LogP contribution in [0, 0.1) is 0 Å². The first-order valence-corrected chi connectivity index (χ1v) is 4.24. The highest BCUT2D eigenvalue weighted by Gasteiger charge is 1.94. The zero-order valence-corrected chi connectivity index (χ0v) is 8.12. The van der Waals surface area contributed by atoms with Gasteiger partial charge in [0, 0.05) is 13.1 Å². The number of aliphatic hydroxyl groups excluding tert-OH is 1. The minimum Gasteiger partial charge on any atom is -0.411 e. The van der Waals surface area contributed by atoms with Gasteiger partial charge in [0.2, 0.25) is 0 Å². The van der Waals surface area contributed by atoms with E-state index in [2.05, 4.69) is 15.5 Å². The summed E-state index contributed by atoms with van der Waals surface area (Å²) in [6, 6.07) is 0. The molecule has 13 heavy (non-hydrogen) atoms. The van der Waals surface area contributed by atoms with Crippen LogP contribution in [-0.2, 0) is 0 Å². The molecule has 0 aromatic rings. The fourth-order valence-electron chi connectivity index (χ4n) is 0.693. The van der Waals surface area contributed by atoms with Crippen molar-refractivity contribution in [2.75, 3.05) is 26.2 Å². The predicted octanol–water partition coefficient (Wildman–Crippen LogP) is -0.121. The predicted molar refractivity (Wildman–Crippen MR) is 52.8 cm³/mol. The van der Waals surface area contributed by atoms with Crippen LogP contribution in [0.15, 0.2) is 10.1 Å². The van der Waals surface area contributed by atoms with Crippen molar-refractivity contribution in [3.8, 4) is 0 Å². The summed E-state index contributed by atoms with van der Waals surface area (Å²) in [6.07, 6.45) is 0. The lowest BCUT2D eigenvalue weighted by Gasteiger charge is -2.00. The van der Waals surface area contributed by atoms with Crippen molar-refractivity contribution in [1.29, 1.82) is 0 Å². The van der Waals surface area contributed by atoms with Crippen molar-refractivity contribution in [3.05, 3.63) is 0 Å². The minimum atomic E-state index is 0.139. The average Bonchev–Trinajstić information content (AvgIpc) is 2.16. The number of aliphatic hydroxyl groups is 1. The van der Waals surface area contributed by atoms with E-state index in [1.807, 2.05) is 0 Å². The van der Waals surface area contributed by atoms with Crippen LogP contribution in [0.4, 0.5) is 0 Å². The van der Waals surface area contributed by atoms with Gasteiger partial charge < -0.3 is 15.6 Å². The first kappa shape index (κ1) is 12.1. The van der Waals surface area contributed by atoms with E-state index in [0.717, 1.165) is 12.3 Å². The van der Waals surface area contributed by atoms with E-state index in [1.165, 1.54) is 0 Å². The second-order valence-electron chi connectivity index (χ2n) is 2.63. The van der Waals surface area contributed by atoms with Crippen molar-refractivity contribution >= 4 is 11.4 Å². The SMILES string of the molecule is CC(=NCCNCCO)/C(C)=N/O. The van der Waals surface area contributed by atoms with Gasteiger partial charge >= 0.3 is 0 Å². The summed E-state index contributed by atoms with van der Waals surface area (Å²) in [6.45, 7) is 5.55. The molecule has 0 aliphatic rings. The maximum absolute atomic E-state index is 8.45. The van der Waals surface area contributed by atoms with Crippen molar-refractivity contribution in [2.45, 2.75) is 13.8 Å². The Bertz CT molecular complexity index is 190. The molecular formula is C8H17N3O2. The lowest BCUT2D eigenvalue weighted by Crippen LogP contribution is -2.22. The molecule has 76 valence electrons. The molecule has 0 spiro atoms.